The van der Waals surface area contributed by atoms with Gasteiger partial charge in [-0.3, -0.25) is 14.4 Å². The number of nitrogens with one attached hydrogen (secondary N) is 1. The van der Waals surface area contributed by atoms with Gasteiger partial charge in [0.15, 0.2) is 0 Å². The Morgan fingerprint density at radius 2 is 2.09 bits per heavy atom. The van der Waals surface area contributed by atoms with Gasteiger partial charge in [-0.2, -0.15) is 5.10 Å². The van der Waals surface area contributed by atoms with E-state index in [9.17, 15) is 9.18 Å². The van der Waals surface area contributed by atoms with Crippen molar-refractivity contribution in [3.8, 4) is 0 Å². The highest BCUT2D eigenvalue weighted by Crippen LogP contribution is 2.18. The first kappa shape index (κ1) is 16.5. The van der Waals surface area contributed by atoms with Crippen molar-refractivity contribution in [1.82, 2.24) is 20.0 Å². The molecule has 1 amide bonds. The van der Waals surface area contributed by atoms with E-state index < -0.39 is 6.04 Å². The minimum Gasteiger partial charge on any atom is -0.353 e. The minimum absolute atomic E-state index is 0.144. The van der Waals surface area contributed by atoms with Gasteiger partial charge in [-0.25, -0.2) is 4.39 Å². The first-order valence-corrected chi connectivity index (χ1v) is 7.22. The first-order chi connectivity index (χ1) is 10.5. The molecule has 0 aliphatic heterocycles. The van der Waals surface area contributed by atoms with Crippen molar-refractivity contribution in [3.63, 3.8) is 0 Å². The summed E-state index contributed by atoms with van der Waals surface area (Å²) in [7, 11) is 3.61. The van der Waals surface area contributed by atoms with Crippen LogP contribution in [0.5, 0.6) is 0 Å². The van der Waals surface area contributed by atoms with Crippen LogP contribution in [0.1, 0.15) is 11.6 Å². The van der Waals surface area contributed by atoms with Crippen LogP contribution in [-0.2, 0) is 11.3 Å². The van der Waals surface area contributed by atoms with Crippen molar-refractivity contribution in [1.29, 1.82) is 0 Å². The van der Waals surface area contributed by atoms with Crippen LogP contribution < -0.4 is 5.32 Å². The summed E-state index contributed by atoms with van der Waals surface area (Å²) in [6.07, 6.45) is 3.24. The number of rotatable bonds is 6. The Morgan fingerprint density at radius 1 is 1.41 bits per heavy atom. The highest BCUT2D eigenvalue weighted by molar-refractivity contribution is 6.30. The smallest absolute Gasteiger partial charge is 0.242 e. The second kappa shape index (κ2) is 7.38. The lowest BCUT2D eigenvalue weighted by Crippen LogP contribution is -2.38. The zero-order chi connectivity index (χ0) is 16.1. The fourth-order valence-corrected chi connectivity index (χ4v) is 2.34. The molecule has 118 valence electrons. The molecule has 1 atom stereocenters. The van der Waals surface area contributed by atoms with Crippen LogP contribution in [0.3, 0.4) is 0 Å². The van der Waals surface area contributed by atoms with E-state index in [4.69, 9.17) is 11.6 Å². The number of carbonyl (C=O) groups is 1. The maximum Gasteiger partial charge on any atom is 0.242 e. The van der Waals surface area contributed by atoms with Gasteiger partial charge in [0, 0.05) is 12.7 Å². The van der Waals surface area contributed by atoms with Crippen molar-refractivity contribution in [2.75, 3.05) is 20.6 Å². The normalized spacial score (nSPS) is 12.4. The van der Waals surface area contributed by atoms with Gasteiger partial charge in [0.25, 0.3) is 0 Å². The highest BCUT2D eigenvalue weighted by atomic mass is 35.5. The number of likely N-dealkylation sites (N-methyl/N-ethyl adjacent to an activating group) is 1. The van der Waals surface area contributed by atoms with Gasteiger partial charge >= 0.3 is 0 Å². The van der Waals surface area contributed by atoms with E-state index in [1.807, 2.05) is 0 Å². The van der Waals surface area contributed by atoms with Crippen molar-refractivity contribution >= 4 is 17.5 Å². The second-order valence-electron chi connectivity index (χ2n) is 5.13. The third-order valence-corrected chi connectivity index (χ3v) is 3.39. The number of nitrogens with zero attached hydrogens (tertiary/aromatic N) is 3. The third kappa shape index (κ3) is 4.29. The largest absolute Gasteiger partial charge is 0.353 e. The number of hydrogen-bond donors (Lipinski definition) is 1. The summed E-state index contributed by atoms with van der Waals surface area (Å²) in [6.45, 7) is 0.963. The standard InChI is InChI=1S/C15H18ClFN4O/c1-20(2)14(11-3-5-13(17)6-4-11)15(22)18-7-8-21-10-12(16)9-19-21/h3-6,9-10,14H,7-8H2,1-2H3,(H,18,22)/t14-/m0/s1. The van der Waals surface area contributed by atoms with Gasteiger partial charge in [-0.15, -0.1) is 0 Å². The molecule has 0 saturated heterocycles. The summed E-state index contributed by atoms with van der Waals surface area (Å²) in [4.78, 5) is 14.1. The molecule has 0 aliphatic carbocycles. The Balaban J connectivity index is 1.96. The van der Waals surface area contributed by atoms with Crippen LogP contribution in [0.15, 0.2) is 36.7 Å². The van der Waals surface area contributed by atoms with E-state index in [0.717, 1.165) is 5.56 Å². The molecular weight excluding hydrogens is 307 g/mol. The average Bonchev–Trinajstić information content (AvgIpc) is 2.86. The Labute approximate surface area is 133 Å². The van der Waals surface area contributed by atoms with Crippen LogP contribution in [0.2, 0.25) is 5.02 Å². The number of benzene rings is 1. The minimum atomic E-state index is -0.471. The average molecular weight is 325 g/mol. The molecule has 1 N–H and O–H groups in total. The molecule has 2 aromatic rings. The Morgan fingerprint density at radius 3 is 2.64 bits per heavy atom. The number of carbonyl (C=O) groups excluding carboxylic acids is 1. The number of aromatic nitrogens is 2. The lowest BCUT2D eigenvalue weighted by atomic mass is 10.1. The molecule has 1 aromatic heterocycles. The predicted molar refractivity (Wildman–Crippen MR) is 83.1 cm³/mol. The van der Waals surface area contributed by atoms with Crippen molar-refractivity contribution in [2.24, 2.45) is 0 Å². The molecule has 0 radical (unpaired) electrons. The molecule has 22 heavy (non-hydrogen) atoms. The molecule has 1 heterocycles. The monoisotopic (exact) mass is 324 g/mol. The van der Waals surface area contributed by atoms with E-state index in [-0.39, 0.29) is 11.7 Å². The van der Waals surface area contributed by atoms with Gasteiger partial charge in [0.1, 0.15) is 11.9 Å². The summed E-state index contributed by atoms with van der Waals surface area (Å²) < 4.78 is 14.7. The quantitative estimate of drug-likeness (QED) is 0.885. The van der Waals surface area contributed by atoms with Crippen molar-refractivity contribution < 1.29 is 9.18 Å². The zero-order valence-corrected chi connectivity index (χ0v) is 13.2. The van der Waals surface area contributed by atoms with Crippen LogP contribution in [0.4, 0.5) is 4.39 Å². The summed E-state index contributed by atoms with van der Waals surface area (Å²) in [5, 5.41) is 7.46. The molecule has 0 saturated carbocycles. The Kier molecular flexibility index (Phi) is 5.51. The highest BCUT2D eigenvalue weighted by Gasteiger charge is 2.22. The molecule has 7 heteroatoms. The van der Waals surface area contributed by atoms with E-state index in [1.165, 1.54) is 12.1 Å². The molecule has 0 aliphatic rings. The first-order valence-electron chi connectivity index (χ1n) is 6.85. The lowest BCUT2D eigenvalue weighted by molar-refractivity contribution is -0.125. The van der Waals surface area contributed by atoms with Crippen LogP contribution in [0, 0.1) is 5.82 Å². The summed E-state index contributed by atoms with van der Waals surface area (Å²) in [5.74, 6) is -0.466. The summed E-state index contributed by atoms with van der Waals surface area (Å²) in [6, 6.07) is 5.47. The topological polar surface area (TPSA) is 50.2 Å². The molecule has 1 aromatic carbocycles. The molecule has 0 unspecified atom stereocenters. The third-order valence-electron chi connectivity index (χ3n) is 3.19. The summed E-state index contributed by atoms with van der Waals surface area (Å²) in [5.41, 5.74) is 0.742. The van der Waals surface area contributed by atoms with Gasteiger partial charge in [-0.1, -0.05) is 23.7 Å². The molecule has 0 fully saturated rings. The maximum atomic E-state index is 13.0. The van der Waals surface area contributed by atoms with Crippen molar-refractivity contribution in [3.05, 3.63) is 53.1 Å². The molecule has 5 nitrogen and oxygen atoms in total. The predicted octanol–water partition coefficient (Wildman–Crippen LogP) is 2.09. The van der Waals surface area contributed by atoms with Crippen molar-refractivity contribution in [2.45, 2.75) is 12.6 Å². The lowest BCUT2D eigenvalue weighted by Gasteiger charge is -2.23. The van der Waals surface area contributed by atoms with Gasteiger partial charge < -0.3 is 5.32 Å². The van der Waals surface area contributed by atoms with Crippen LogP contribution >= 0.6 is 11.6 Å². The molecule has 0 spiro atoms. The zero-order valence-electron chi connectivity index (χ0n) is 12.5. The molecule has 0 bridgehead atoms. The number of halogens is 2. The van der Waals surface area contributed by atoms with E-state index in [1.54, 1.807) is 48.2 Å². The SMILES string of the molecule is CN(C)[C@H](C(=O)NCCn1cc(Cl)cn1)c1ccc(F)cc1. The Bertz CT molecular complexity index is 627. The summed E-state index contributed by atoms with van der Waals surface area (Å²) >= 11 is 5.78. The Hall–Kier alpha value is -1.92. The number of amides is 1. The number of hydrogen-bond acceptors (Lipinski definition) is 3. The van der Waals surface area contributed by atoms with Crippen LogP contribution in [-0.4, -0.2) is 41.2 Å². The van der Waals surface area contributed by atoms with Gasteiger partial charge in [0.2, 0.25) is 5.91 Å². The van der Waals surface area contributed by atoms with E-state index >= 15 is 0 Å². The molecule has 2 rings (SSSR count). The fourth-order valence-electron chi connectivity index (χ4n) is 2.18. The fraction of sp³-hybridized carbons (Fsp3) is 0.333. The van der Waals surface area contributed by atoms with E-state index in [2.05, 4.69) is 10.4 Å². The van der Waals surface area contributed by atoms with E-state index in [0.29, 0.717) is 18.1 Å². The maximum absolute atomic E-state index is 13.0. The van der Waals surface area contributed by atoms with Gasteiger partial charge in [0.05, 0.1) is 17.8 Å². The van der Waals surface area contributed by atoms with Crippen LogP contribution in [0.25, 0.3) is 0 Å². The molecular formula is C15H18ClFN4O. The van der Waals surface area contributed by atoms with Gasteiger partial charge in [-0.05, 0) is 31.8 Å². The second-order valence-corrected chi connectivity index (χ2v) is 5.57.